The van der Waals surface area contributed by atoms with Gasteiger partial charge in [-0.3, -0.25) is 0 Å². The van der Waals surface area contributed by atoms with Crippen LogP contribution in [0.15, 0.2) is 23.8 Å². The monoisotopic (exact) mass is 406 g/mol. The molecule has 0 aliphatic rings. The standard InChI is InChI=1S/C11H20.I2/c1-9(2)6-7-11(5)8-10(3)4;1-2/h6-10H,1-5H3;/b7-6-,11-8-;. The summed E-state index contributed by atoms with van der Waals surface area (Å²) in [6.07, 6.45) is 6.71. The second kappa shape index (κ2) is 11.0. The third kappa shape index (κ3) is 15.7. The van der Waals surface area contributed by atoms with Gasteiger partial charge in [-0.05, 0) is 18.8 Å². The molecule has 2 heteroatoms. The molecule has 0 rings (SSSR count). The van der Waals surface area contributed by atoms with Crippen LogP contribution in [0.25, 0.3) is 0 Å². The zero-order chi connectivity index (χ0) is 10.9. The Labute approximate surface area is 107 Å². The van der Waals surface area contributed by atoms with Gasteiger partial charge in [0.1, 0.15) is 0 Å². The van der Waals surface area contributed by atoms with Gasteiger partial charge >= 0.3 is 0 Å². The van der Waals surface area contributed by atoms with Gasteiger partial charge in [0, 0.05) is 37.2 Å². The summed E-state index contributed by atoms with van der Waals surface area (Å²) in [5.41, 5.74) is 1.37. The fraction of sp³-hybridized carbons (Fsp3) is 0.636. The highest BCUT2D eigenvalue weighted by atomic mass is 128. The van der Waals surface area contributed by atoms with Crippen molar-refractivity contribution >= 4 is 37.2 Å². The third-order valence-electron chi connectivity index (χ3n) is 1.34. The molecule has 0 aromatic rings. The van der Waals surface area contributed by atoms with E-state index in [9.17, 15) is 0 Å². The Bertz CT molecular complexity index is 155. The van der Waals surface area contributed by atoms with E-state index in [1.165, 1.54) is 5.57 Å². The lowest BCUT2D eigenvalue weighted by Crippen LogP contribution is -1.82. The van der Waals surface area contributed by atoms with Crippen molar-refractivity contribution in [3.8, 4) is 0 Å². The van der Waals surface area contributed by atoms with Crippen molar-refractivity contribution in [1.82, 2.24) is 0 Å². The first-order chi connectivity index (χ1) is 6.02. The molecular weight excluding hydrogens is 386 g/mol. The SMILES string of the molecule is CC(/C=C\C(C)C)=C/C(C)C.II. The first kappa shape index (κ1) is 16.4. The second-order valence-electron chi connectivity index (χ2n) is 3.76. The van der Waals surface area contributed by atoms with Gasteiger partial charge in [0.05, 0.1) is 0 Å². The van der Waals surface area contributed by atoms with Crippen LogP contribution in [0.4, 0.5) is 0 Å². The van der Waals surface area contributed by atoms with Crippen LogP contribution in [0.5, 0.6) is 0 Å². The van der Waals surface area contributed by atoms with Crippen molar-refractivity contribution in [2.24, 2.45) is 11.8 Å². The smallest absolute Gasteiger partial charge is 0 e. The predicted molar refractivity (Wildman–Crippen MR) is 80.6 cm³/mol. The Morgan fingerprint density at radius 1 is 1.00 bits per heavy atom. The predicted octanol–water partition coefficient (Wildman–Crippen LogP) is 5.57. The molecule has 0 radical (unpaired) electrons. The minimum Gasteiger partial charge on any atom is -0.0817 e. The van der Waals surface area contributed by atoms with Gasteiger partial charge < -0.3 is 0 Å². The highest BCUT2D eigenvalue weighted by Gasteiger charge is 1.88. The quantitative estimate of drug-likeness (QED) is 0.425. The lowest BCUT2D eigenvalue weighted by atomic mass is 10.1. The van der Waals surface area contributed by atoms with Crippen LogP contribution in [0.2, 0.25) is 0 Å². The van der Waals surface area contributed by atoms with Gasteiger partial charge in [-0.1, -0.05) is 51.5 Å². The molecule has 0 saturated heterocycles. The summed E-state index contributed by atoms with van der Waals surface area (Å²) in [6.45, 7) is 10.9. The molecule has 13 heavy (non-hydrogen) atoms. The summed E-state index contributed by atoms with van der Waals surface area (Å²) in [5.74, 6) is 1.32. The fourth-order valence-electron chi connectivity index (χ4n) is 0.926. The molecular formula is C11H20I2. The summed E-state index contributed by atoms with van der Waals surface area (Å²) in [5, 5.41) is 0. The molecule has 78 valence electrons. The molecule has 0 bridgehead atoms. The van der Waals surface area contributed by atoms with Gasteiger partial charge in [-0.25, -0.2) is 0 Å². The Balaban J connectivity index is 0. The summed E-state index contributed by atoms with van der Waals surface area (Å²) in [6, 6.07) is 0. The molecule has 0 N–H and O–H groups in total. The summed E-state index contributed by atoms with van der Waals surface area (Å²) >= 11 is 4.24. The van der Waals surface area contributed by atoms with E-state index >= 15 is 0 Å². The Morgan fingerprint density at radius 3 is 1.77 bits per heavy atom. The zero-order valence-corrected chi connectivity index (χ0v) is 13.5. The first-order valence-electron chi connectivity index (χ1n) is 4.53. The number of hydrogen-bond donors (Lipinski definition) is 0. The van der Waals surface area contributed by atoms with Gasteiger partial charge in [0.15, 0.2) is 0 Å². The van der Waals surface area contributed by atoms with Crippen LogP contribution in [0, 0.1) is 11.8 Å². The van der Waals surface area contributed by atoms with Crippen molar-refractivity contribution in [2.45, 2.75) is 34.6 Å². The van der Waals surface area contributed by atoms with E-state index in [1.807, 2.05) is 0 Å². The molecule has 0 atom stereocenters. The van der Waals surface area contributed by atoms with Crippen LogP contribution in [0.1, 0.15) is 34.6 Å². The van der Waals surface area contributed by atoms with E-state index in [2.05, 4.69) is 90.1 Å². The van der Waals surface area contributed by atoms with Gasteiger partial charge in [-0.2, -0.15) is 0 Å². The van der Waals surface area contributed by atoms with Gasteiger partial charge in [0.25, 0.3) is 0 Å². The van der Waals surface area contributed by atoms with E-state index < -0.39 is 0 Å². The Hall–Kier alpha value is 0.940. The highest BCUT2D eigenvalue weighted by molar-refractivity contribution is 15.0. The largest absolute Gasteiger partial charge is 0.0817 e. The maximum absolute atomic E-state index is 2.28. The van der Waals surface area contributed by atoms with E-state index in [0.717, 1.165) is 0 Å². The van der Waals surface area contributed by atoms with Crippen LogP contribution in [-0.2, 0) is 0 Å². The van der Waals surface area contributed by atoms with Crippen molar-refractivity contribution in [1.29, 1.82) is 0 Å². The lowest BCUT2D eigenvalue weighted by Gasteiger charge is -1.98. The molecule has 0 aliphatic heterocycles. The maximum atomic E-state index is 2.28. The molecule has 0 nitrogen and oxygen atoms in total. The molecule has 0 amide bonds. The average Bonchev–Trinajstić information content (AvgIpc) is 2.03. The lowest BCUT2D eigenvalue weighted by molar-refractivity contribution is 0.818. The minimum absolute atomic E-state index is 0.658. The minimum atomic E-state index is 0.658. The molecule has 0 spiro atoms. The Kier molecular flexibility index (Phi) is 13.9. The summed E-state index contributed by atoms with van der Waals surface area (Å²) in [7, 11) is 0. The van der Waals surface area contributed by atoms with Crippen LogP contribution in [0.3, 0.4) is 0 Å². The van der Waals surface area contributed by atoms with Crippen molar-refractivity contribution in [2.75, 3.05) is 0 Å². The Morgan fingerprint density at radius 2 is 1.46 bits per heavy atom. The van der Waals surface area contributed by atoms with Crippen LogP contribution >= 0.6 is 37.2 Å². The second-order valence-corrected chi connectivity index (χ2v) is 3.76. The number of rotatable bonds is 3. The van der Waals surface area contributed by atoms with Gasteiger partial charge in [-0.15, -0.1) is 0 Å². The topological polar surface area (TPSA) is 0 Å². The normalized spacial score (nSPS) is 12.2. The zero-order valence-electron chi connectivity index (χ0n) is 9.14. The average molecular weight is 406 g/mol. The van der Waals surface area contributed by atoms with Crippen molar-refractivity contribution < 1.29 is 0 Å². The van der Waals surface area contributed by atoms with E-state index in [-0.39, 0.29) is 0 Å². The third-order valence-corrected chi connectivity index (χ3v) is 1.34. The summed E-state index contributed by atoms with van der Waals surface area (Å²) < 4.78 is 0. The number of hydrogen-bond acceptors (Lipinski definition) is 0. The molecule has 0 aromatic carbocycles. The molecule has 0 aliphatic carbocycles. The van der Waals surface area contributed by atoms with Crippen molar-refractivity contribution in [3.05, 3.63) is 23.8 Å². The maximum Gasteiger partial charge on any atom is 0 e. The summed E-state index contributed by atoms with van der Waals surface area (Å²) in [4.78, 5) is 0. The number of allylic oxidation sites excluding steroid dienone is 4. The van der Waals surface area contributed by atoms with Crippen LogP contribution < -0.4 is 0 Å². The fourth-order valence-corrected chi connectivity index (χ4v) is 0.926. The molecule has 0 saturated carbocycles. The molecule has 0 heterocycles. The highest BCUT2D eigenvalue weighted by Crippen LogP contribution is 2.04. The van der Waals surface area contributed by atoms with E-state index in [1.54, 1.807) is 0 Å². The van der Waals surface area contributed by atoms with Crippen LogP contribution in [-0.4, -0.2) is 0 Å². The van der Waals surface area contributed by atoms with E-state index in [4.69, 9.17) is 0 Å². The first-order valence-corrected chi connectivity index (χ1v) is 10.8. The molecule has 0 aromatic heterocycles. The van der Waals surface area contributed by atoms with E-state index in [0.29, 0.717) is 11.8 Å². The molecule has 0 fully saturated rings. The van der Waals surface area contributed by atoms with Crippen molar-refractivity contribution in [3.63, 3.8) is 0 Å². The van der Waals surface area contributed by atoms with Gasteiger partial charge in [0.2, 0.25) is 0 Å². The molecule has 0 unspecified atom stereocenters. The number of halogens is 2.